The summed E-state index contributed by atoms with van der Waals surface area (Å²) in [5, 5.41) is 5.51. The van der Waals surface area contributed by atoms with E-state index in [-0.39, 0.29) is 24.1 Å². The average Bonchev–Trinajstić information content (AvgIpc) is 3.26. The first-order chi connectivity index (χ1) is 16.6. The first kappa shape index (κ1) is 25.8. The van der Waals surface area contributed by atoms with E-state index in [1.807, 2.05) is 60.7 Å². The topological polar surface area (TPSA) is 102 Å². The van der Waals surface area contributed by atoms with E-state index in [1.165, 1.54) is 13.3 Å². The molecule has 1 heterocycles. The predicted octanol–water partition coefficient (Wildman–Crippen LogP) is 3.75. The molecule has 0 radical (unpaired) electrons. The number of nitrogens with zero attached hydrogens (tertiary/aromatic N) is 2. The number of imidazole rings is 1. The summed E-state index contributed by atoms with van der Waals surface area (Å²) in [7, 11) is 0. The minimum Gasteiger partial charge on any atom is -0.374 e. The van der Waals surface area contributed by atoms with Crippen molar-refractivity contribution < 1.29 is 19.1 Å². The molecule has 8 nitrogen and oxygen atoms in total. The molecule has 1 unspecified atom stereocenters. The van der Waals surface area contributed by atoms with Crippen LogP contribution in [-0.2, 0) is 25.7 Å². The first-order valence-corrected chi connectivity index (χ1v) is 11.5. The summed E-state index contributed by atoms with van der Waals surface area (Å²) in [5.41, 5.74) is 1.10. The molecule has 0 aliphatic heterocycles. The number of aromatic nitrogens is 2. The Balaban J connectivity index is 1.71. The van der Waals surface area contributed by atoms with Gasteiger partial charge in [0, 0.05) is 11.6 Å². The summed E-state index contributed by atoms with van der Waals surface area (Å²) in [6.07, 6.45) is 3.10. The SMILES string of the molecule is CC(=O)C(c1ccccc1)n1cnc(NC(=O)[C@@H](COCc2ccccc2)NC(=O)C(C)(C)C)c1. The molecule has 0 saturated heterocycles. The van der Waals surface area contributed by atoms with E-state index in [0.29, 0.717) is 6.61 Å². The Bertz CT molecular complexity index is 1140. The van der Waals surface area contributed by atoms with Gasteiger partial charge in [-0.2, -0.15) is 0 Å². The Kier molecular flexibility index (Phi) is 8.54. The van der Waals surface area contributed by atoms with Crippen molar-refractivity contribution in [1.29, 1.82) is 0 Å². The fraction of sp³-hybridized carbons (Fsp3) is 0.333. The van der Waals surface area contributed by atoms with Crippen LogP contribution in [0.15, 0.2) is 73.2 Å². The molecule has 0 spiro atoms. The lowest BCUT2D eigenvalue weighted by Gasteiger charge is -2.23. The number of carbonyl (C=O) groups excluding carboxylic acids is 3. The molecule has 2 atom stereocenters. The van der Waals surface area contributed by atoms with Crippen LogP contribution in [0.1, 0.15) is 44.9 Å². The molecule has 0 aliphatic rings. The molecular weight excluding hydrogens is 444 g/mol. The van der Waals surface area contributed by atoms with Crippen LogP contribution in [0.25, 0.3) is 0 Å². The third-order valence-corrected chi connectivity index (χ3v) is 5.35. The number of Topliss-reactive ketones (excluding diaryl/α,β-unsaturated/α-hetero) is 1. The summed E-state index contributed by atoms with van der Waals surface area (Å²) >= 11 is 0. The van der Waals surface area contributed by atoms with Gasteiger partial charge in [0.25, 0.3) is 5.91 Å². The highest BCUT2D eigenvalue weighted by Crippen LogP contribution is 2.21. The van der Waals surface area contributed by atoms with Gasteiger partial charge in [0.15, 0.2) is 11.6 Å². The van der Waals surface area contributed by atoms with E-state index < -0.39 is 23.4 Å². The number of benzene rings is 2. The van der Waals surface area contributed by atoms with Crippen LogP contribution in [0.5, 0.6) is 0 Å². The summed E-state index contributed by atoms with van der Waals surface area (Å²) < 4.78 is 7.40. The molecule has 2 amide bonds. The Morgan fingerprint density at radius 3 is 2.23 bits per heavy atom. The van der Waals surface area contributed by atoms with Crippen molar-refractivity contribution in [2.45, 2.75) is 46.4 Å². The number of nitrogens with one attached hydrogen (secondary N) is 2. The normalized spacial score (nSPS) is 13.0. The third-order valence-electron chi connectivity index (χ3n) is 5.35. The first-order valence-electron chi connectivity index (χ1n) is 11.5. The monoisotopic (exact) mass is 476 g/mol. The lowest BCUT2D eigenvalue weighted by Crippen LogP contribution is -2.50. The molecule has 3 rings (SSSR count). The van der Waals surface area contributed by atoms with E-state index >= 15 is 0 Å². The minimum absolute atomic E-state index is 0.0106. The lowest BCUT2D eigenvalue weighted by atomic mass is 9.95. The third kappa shape index (κ3) is 7.35. The summed E-state index contributed by atoms with van der Waals surface area (Å²) in [4.78, 5) is 42.2. The second-order valence-corrected chi connectivity index (χ2v) is 9.40. The Morgan fingerprint density at radius 1 is 1.00 bits per heavy atom. The zero-order valence-corrected chi connectivity index (χ0v) is 20.5. The van der Waals surface area contributed by atoms with E-state index in [4.69, 9.17) is 4.74 Å². The Hall–Kier alpha value is -3.78. The Labute approximate surface area is 205 Å². The molecule has 2 N–H and O–H groups in total. The van der Waals surface area contributed by atoms with Crippen LogP contribution in [-0.4, -0.2) is 39.8 Å². The zero-order chi connectivity index (χ0) is 25.4. The van der Waals surface area contributed by atoms with Gasteiger partial charge in [-0.05, 0) is 18.1 Å². The molecule has 1 aromatic heterocycles. The number of ketones is 1. The quantitative estimate of drug-likeness (QED) is 0.464. The minimum atomic E-state index is -0.923. The maximum absolute atomic E-state index is 13.1. The molecular formula is C27H32N4O4. The molecule has 35 heavy (non-hydrogen) atoms. The molecule has 3 aromatic rings. The van der Waals surface area contributed by atoms with Crippen molar-refractivity contribution in [3.63, 3.8) is 0 Å². The smallest absolute Gasteiger partial charge is 0.250 e. The van der Waals surface area contributed by atoms with Gasteiger partial charge in [0.2, 0.25) is 5.91 Å². The van der Waals surface area contributed by atoms with Crippen LogP contribution in [0.3, 0.4) is 0 Å². The van der Waals surface area contributed by atoms with E-state index in [1.54, 1.807) is 31.5 Å². The number of hydrogen-bond donors (Lipinski definition) is 2. The molecule has 8 heteroatoms. The second kappa shape index (κ2) is 11.6. The van der Waals surface area contributed by atoms with Crippen molar-refractivity contribution >= 4 is 23.4 Å². The van der Waals surface area contributed by atoms with Crippen LogP contribution < -0.4 is 10.6 Å². The maximum Gasteiger partial charge on any atom is 0.250 e. The number of hydrogen-bond acceptors (Lipinski definition) is 5. The molecule has 0 fully saturated rings. The van der Waals surface area contributed by atoms with Gasteiger partial charge in [-0.3, -0.25) is 14.4 Å². The molecule has 0 aliphatic carbocycles. The van der Waals surface area contributed by atoms with Crippen LogP contribution >= 0.6 is 0 Å². The van der Waals surface area contributed by atoms with Crippen LogP contribution in [0.4, 0.5) is 5.82 Å². The van der Waals surface area contributed by atoms with Crippen LogP contribution in [0, 0.1) is 5.41 Å². The van der Waals surface area contributed by atoms with Gasteiger partial charge in [-0.1, -0.05) is 81.4 Å². The zero-order valence-electron chi connectivity index (χ0n) is 20.5. The highest BCUT2D eigenvalue weighted by Gasteiger charge is 2.28. The predicted molar refractivity (Wildman–Crippen MR) is 134 cm³/mol. The number of amides is 2. The van der Waals surface area contributed by atoms with E-state index in [0.717, 1.165) is 11.1 Å². The molecule has 2 aromatic carbocycles. The highest BCUT2D eigenvalue weighted by atomic mass is 16.5. The van der Waals surface area contributed by atoms with Crippen LogP contribution in [0.2, 0.25) is 0 Å². The fourth-order valence-electron chi connectivity index (χ4n) is 3.43. The van der Waals surface area contributed by atoms with Crippen molar-refractivity contribution in [3.8, 4) is 0 Å². The van der Waals surface area contributed by atoms with E-state index in [2.05, 4.69) is 15.6 Å². The van der Waals surface area contributed by atoms with Crippen molar-refractivity contribution in [3.05, 3.63) is 84.3 Å². The van der Waals surface area contributed by atoms with Gasteiger partial charge >= 0.3 is 0 Å². The average molecular weight is 477 g/mol. The molecule has 0 saturated carbocycles. The summed E-state index contributed by atoms with van der Waals surface area (Å²) in [6.45, 7) is 7.13. The summed E-state index contributed by atoms with van der Waals surface area (Å²) in [5.74, 6) is -0.515. The van der Waals surface area contributed by atoms with Gasteiger partial charge < -0.3 is 19.9 Å². The van der Waals surface area contributed by atoms with Gasteiger partial charge in [0.05, 0.1) is 19.5 Å². The number of anilines is 1. The van der Waals surface area contributed by atoms with E-state index in [9.17, 15) is 14.4 Å². The van der Waals surface area contributed by atoms with Gasteiger partial charge in [-0.15, -0.1) is 0 Å². The largest absolute Gasteiger partial charge is 0.374 e. The standard InChI is InChI=1S/C27H32N4O4/c1-19(32)24(21-13-9-6-10-14-21)31-15-23(28-18-31)30-25(33)22(29-26(34)27(2,3)4)17-35-16-20-11-7-5-8-12-20/h5-15,18,22,24H,16-17H2,1-4H3,(H,29,34)(H,30,33)/t22-,24?/m1/s1. The van der Waals surface area contributed by atoms with Crippen molar-refractivity contribution in [1.82, 2.24) is 14.9 Å². The number of ether oxygens (including phenoxy) is 1. The highest BCUT2D eigenvalue weighted by molar-refractivity contribution is 5.97. The summed E-state index contributed by atoms with van der Waals surface area (Å²) in [6, 6.07) is 17.4. The Morgan fingerprint density at radius 2 is 1.63 bits per heavy atom. The van der Waals surface area contributed by atoms with Crippen molar-refractivity contribution in [2.75, 3.05) is 11.9 Å². The molecule has 184 valence electrons. The van der Waals surface area contributed by atoms with Gasteiger partial charge in [-0.25, -0.2) is 4.98 Å². The van der Waals surface area contributed by atoms with Crippen molar-refractivity contribution in [2.24, 2.45) is 5.41 Å². The number of carbonyl (C=O) groups is 3. The fourth-order valence-corrected chi connectivity index (χ4v) is 3.43. The maximum atomic E-state index is 13.1. The lowest BCUT2D eigenvalue weighted by molar-refractivity contribution is -0.133. The second-order valence-electron chi connectivity index (χ2n) is 9.40. The number of rotatable bonds is 10. The van der Waals surface area contributed by atoms with Gasteiger partial charge in [0.1, 0.15) is 12.1 Å². The molecule has 0 bridgehead atoms.